The van der Waals surface area contributed by atoms with Crippen LogP contribution < -0.4 is 10.1 Å². The zero-order valence-electron chi connectivity index (χ0n) is 16.2. The van der Waals surface area contributed by atoms with Crippen LogP contribution in [-0.4, -0.2) is 35.6 Å². The van der Waals surface area contributed by atoms with Crippen LogP contribution in [0.15, 0.2) is 12.1 Å². The van der Waals surface area contributed by atoms with E-state index in [0.717, 1.165) is 25.0 Å². The molecule has 0 unspecified atom stereocenters. The average Bonchev–Trinajstić information content (AvgIpc) is 3.48. The number of pyridine rings is 1. The number of rotatable bonds is 9. The highest BCUT2D eigenvalue weighted by atomic mass is 19.4. The number of carbonyl (C=O) groups excluding carboxylic acids is 2. The summed E-state index contributed by atoms with van der Waals surface area (Å²) in [6.45, 7) is 5.35. The molecule has 6 nitrogen and oxygen atoms in total. The Morgan fingerprint density at radius 3 is 2.32 bits per heavy atom. The van der Waals surface area contributed by atoms with Gasteiger partial charge in [0.1, 0.15) is 16.8 Å². The summed E-state index contributed by atoms with van der Waals surface area (Å²) in [6.07, 6.45) is -2.32. The second-order valence-electron chi connectivity index (χ2n) is 6.77. The summed E-state index contributed by atoms with van der Waals surface area (Å²) in [6, 6.07) is 1.75. The fraction of sp³-hybridized carbons (Fsp3) is 0.632. The van der Waals surface area contributed by atoms with E-state index in [2.05, 4.69) is 10.3 Å². The Hall–Kier alpha value is -2.32. The highest BCUT2D eigenvalue weighted by Crippen LogP contribution is 2.37. The molecular formula is C19H25F3N2O4. The van der Waals surface area contributed by atoms with Crippen LogP contribution in [0.25, 0.3) is 0 Å². The van der Waals surface area contributed by atoms with E-state index in [1.54, 1.807) is 20.8 Å². The number of amides is 1. The first-order chi connectivity index (χ1) is 13.2. The van der Waals surface area contributed by atoms with Crippen LogP contribution in [0.1, 0.15) is 62.5 Å². The smallest absolute Gasteiger partial charge is 0.421 e. The SMILES string of the molecule is CCOC(=O)C(CC)(CC)NC(=O)c1ccc(C(F)(F)F)c(OCC2CC2)n1. The Balaban J connectivity index is 2.27. The lowest BCUT2D eigenvalue weighted by Crippen LogP contribution is -2.54. The predicted molar refractivity (Wildman–Crippen MR) is 94.9 cm³/mol. The van der Waals surface area contributed by atoms with Crippen LogP contribution >= 0.6 is 0 Å². The number of alkyl halides is 3. The predicted octanol–water partition coefficient (Wildman–Crippen LogP) is 3.74. The lowest BCUT2D eigenvalue weighted by atomic mass is 9.92. The van der Waals surface area contributed by atoms with Crippen LogP contribution in [0.4, 0.5) is 13.2 Å². The molecule has 156 valence electrons. The Bertz CT molecular complexity index is 714. The van der Waals surface area contributed by atoms with Crippen molar-refractivity contribution in [2.75, 3.05) is 13.2 Å². The van der Waals surface area contributed by atoms with Gasteiger partial charge in [0.15, 0.2) is 0 Å². The maximum Gasteiger partial charge on any atom is 0.421 e. The quantitative estimate of drug-likeness (QED) is 0.637. The fourth-order valence-electron chi connectivity index (χ4n) is 2.69. The third kappa shape index (κ3) is 5.14. The number of aromatic nitrogens is 1. The summed E-state index contributed by atoms with van der Waals surface area (Å²) in [5.74, 6) is -1.76. The number of hydrogen-bond donors (Lipinski definition) is 1. The molecule has 1 heterocycles. The summed E-state index contributed by atoms with van der Waals surface area (Å²) in [7, 11) is 0. The Kier molecular flexibility index (Phi) is 6.90. The third-order valence-corrected chi connectivity index (χ3v) is 4.78. The number of nitrogens with zero attached hydrogens (tertiary/aromatic N) is 1. The highest BCUT2D eigenvalue weighted by molar-refractivity contribution is 5.97. The maximum atomic E-state index is 13.2. The van der Waals surface area contributed by atoms with E-state index in [1.807, 2.05) is 0 Å². The van der Waals surface area contributed by atoms with Crippen LogP contribution in [0.5, 0.6) is 5.88 Å². The standard InChI is InChI=1S/C19H25F3N2O4/c1-4-18(5-2,17(26)27-6-3)24-15(25)14-10-9-13(19(20,21)22)16(23-14)28-11-12-7-8-12/h9-10,12H,4-8,11H2,1-3H3,(H,24,25). The first kappa shape index (κ1) is 22.0. The minimum atomic E-state index is -4.65. The molecular weight excluding hydrogens is 377 g/mol. The molecule has 2 rings (SSSR count). The molecule has 1 amide bonds. The number of carbonyl (C=O) groups is 2. The van der Waals surface area contributed by atoms with Gasteiger partial charge in [0.05, 0.1) is 13.2 Å². The van der Waals surface area contributed by atoms with E-state index in [0.29, 0.717) is 0 Å². The van der Waals surface area contributed by atoms with Crippen molar-refractivity contribution in [3.8, 4) is 5.88 Å². The number of halogens is 3. The fourth-order valence-corrected chi connectivity index (χ4v) is 2.69. The van der Waals surface area contributed by atoms with E-state index < -0.39 is 35.0 Å². The lowest BCUT2D eigenvalue weighted by molar-refractivity contribution is -0.151. The van der Waals surface area contributed by atoms with Crippen molar-refractivity contribution >= 4 is 11.9 Å². The topological polar surface area (TPSA) is 77.5 Å². The van der Waals surface area contributed by atoms with Gasteiger partial charge in [0.25, 0.3) is 5.91 Å². The van der Waals surface area contributed by atoms with Crippen molar-refractivity contribution in [1.29, 1.82) is 0 Å². The molecule has 1 aliphatic carbocycles. The number of hydrogen-bond acceptors (Lipinski definition) is 5. The molecule has 1 N–H and O–H groups in total. The van der Waals surface area contributed by atoms with Crippen molar-refractivity contribution in [3.05, 3.63) is 23.4 Å². The molecule has 0 spiro atoms. The molecule has 1 aliphatic rings. The Morgan fingerprint density at radius 1 is 1.18 bits per heavy atom. The minimum Gasteiger partial charge on any atom is -0.477 e. The Labute approximate surface area is 161 Å². The normalized spacial score (nSPS) is 14.5. The highest BCUT2D eigenvalue weighted by Gasteiger charge is 2.40. The molecule has 28 heavy (non-hydrogen) atoms. The number of ether oxygens (including phenoxy) is 2. The van der Waals surface area contributed by atoms with Crippen LogP contribution in [0, 0.1) is 5.92 Å². The van der Waals surface area contributed by atoms with Gasteiger partial charge in [-0.25, -0.2) is 9.78 Å². The van der Waals surface area contributed by atoms with E-state index in [4.69, 9.17) is 9.47 Å². The summed E-state index contributed by atoms with van der Waals surface area (Å²) in [5.41, 5.74) is -2.56. The molecule has 9 heteroatoms. The first-order valence-corrected chi connectivity index (χ1v) is 9.37. The maximum absolute atomic E-state index is 13.2. The lowest BCUT2D eigenvalue weighted by Gasteiger charge is -2.30. The summed E-state index contributed by atoms with van der Waals surface area (Å²) in [4.78, 5) is 28.7. The van der Waals surface area contributed by atoms with Crippen LogP contribution in [-0.2, 0) is 15.7 Å². The van der Waals surface area contributed by atoms with Gasteiger partial charge in [-0.15, -0.1) is 0 Å². The van der Waals surface area contributed by atoms with Crippen molar-refractivity contribution in [2.45, 2.75) is 58.2 Å². The van der Waals surface area contributed by atoms with E-state index >= 15 is 0 Å². The average molecular weight is 402 g/mol. The second-order valence-corrected chi connectivity index (χ2v) is 6.77. The zero-order chi connectivity index (χ0) is 20.9. The van der Waals surface area contributed by atoms with Gasteiger partial charge in [-0.05, 0) is 50.7 Å². The molecule has 0 radical (unpaired) electrons. The zero-order valence-corrected chi connectivity index (χ0v) is 16.2. The van der Waals surface area contributed by atoms with Gasteiger partial charge < -0.3 is 14.8 Å². The van der Waals surface area contributed by atoms with Crippen LogP contribution in [0.3, 0.4) is 0 Å². The largest absolute Gasteiger partial charge is 0.477 e. The first-order valence-electron chi connectivity index (χ1n) is 9.37. The van der Waals surface area contributed by atoms with E-state index in [-0.39, 0.29) is 37.7 Å². The summed E-state index contributed by atoms with van der Waals surface area (Å²) < 4.78 is 49.9. The third-order valence-electron chi connectivity index (χ3n) is 4.78. The van der Waals surface area contributed by atoms with Crippen molar-refractivity contribution in [1.82, 2.24) is 10.3 Å². The molecule has 1 fully saturated rings. The van der Waals surface area contributed by atoms with Gasteiger partial charge in [0, 0.05) is 0 Å². The molecule has 1 aromatic heterocycles. The Morgan fingerprint density at radius 2 is 1.82 bits per heavy atom. The van der Waals surface area contributed by atoms with Gasteiger partial charge >= 0.3 is 12.1 Å². The molecule has 1 aromatic rings. The monoisotopic (exact) mass is 402 g/mol. The van der Waals surface area contributed by atoms with E-state index in [9.17, 15) is 22.8 Å². The van der Waals surface area contributed by atoms with Gasteiger partial charge in [-0.1, -0.05) is 13.8 Å². The molecule has 0 bridgehead atoms. The van der Waals surface area contributed by atoms with Gasteiger partial charge in [-0.3, -0.25) is 4.79 Å². The number of esters is 1. The molecule has 0 aromatic carbocycles. The van der Waals surface area contributed by atoms with Crippen molar-refractivity contribution in [3.63, 3.8) is 0 Å². The summed E-state index contributed by atoms with van der Waals surface area (Å²) >= 11 is 0. The molecule has 0 aliphatic heterocycles. The van der Waals surface area contributed by atoms with Gasteiger partial charge in [0.2, 0.25) is 5.88 Å². The molecule has 0 atom stereocenters. The van der Waals surface area contributed by atoms with Gasteiger partial charge in [-0.2, -0.15) is 13.2 Å². The second kappa shape index (κ2) is 8.79. The minimum absolute atomic E-state index is 0.123. The van der Waals surface area contributed by atoms with E-state index in [1.165, 1.54) is 0 Å². The van der Waals surface area contributed by atoms with Crippen molar-refractivity contribution in [2.24, 2.45) is 5.92 Å². The molecule has 0 saturated heterocycles. The molecule has 1 saturated carbocycles. The number of nitrogens with one attached hydrogen (secondary N) is 1. The summed E-state index contributed by atoms with van der Waals surface area (Å²) in [5, 5.41) is 2.58. The van der Waals surface area contributed by atoms with Crippen LogP contribution in [0.2, 0.25) is 0 Å². The van der Waals surface area contributed by atoms with Crippen molar-refractivity contribution < 1.29 is 32.2 Å².